The van der Waals surface area contributed by atoms with Crippen LogP contribution in [0, 0.1) is 0 Å². The molecule has 0 spiro atoms. The number of aromatic nitrogens is 1. The van der Waals surface area contributed by atoms with Gasteiger partial charge in [0.05, 0.1) is 0 Å². The third kappa shape index (κ3) is 1.22. The fourth-order valence-electron chi connectivity index (χ4n) is 1.00. The monoisotopic (exact) mass is 164 g/mol. The van der Waals surface area contributed by atoms with Crippen molar-refractivity contribution in [1.82, 2.24) is 15.9 Å². The molecule has 0 atom stereocenters. The van der Waals surface area contributed by atoms with E-state index in [1.807, 2.05) is 18.2 Å². The number of nitrogens with one attached hydrogen (secondary N) is 2. The average Bonchev–Trinajstić information content (AvgIpc) is 2.54. The van der Waals surface area contributed by atoms with Crippen LogP contribution in [-0.4, -0.2) is 17.4 Å². The molecule has 5 heteroatoms. The lowest BCUT2D eigenvalue weighted by molar-refractivity contribution is -0.118. The van der Waals surface area contributed by atoms with Gasteiger partial charge in [0.1, 0.15) is 12.4 Å². The molecule has 2 heterocycles. The second kappa shape index (κ2) is 2.78. The van der Waals surface area contributed by atoms with E-state index in [0.29, 0.717) is 6.54 Å². The molecule has 0 unspecified atom stereocenters. The van der Waals surface area contributed by atoms with E-state index in [1.54, 1.807) is 11.2 Å². The fraction of sp³-hybridized carbons (Fsp3) is 0.143. The van der Waals surface area contributed by atoms with Crippen molar-refractivity contribution in [3.63, 3.8) is 0 Å². The van der Waals surface area contributed by atoms with Gasteiger partial charge in [-0.15, -0.1) is 5.53 Å². The standard InChI is InChI=1S/C7H8N4O/c12-7-5-11(10-9-7)6-3-1-2-4-8-6/h1-4,10H,5H2,(H,9,12). The van der Waals surface area contributed by atoms with Crippen LogP contribution >= 0.6 is 0 Å². The van der Waals surface area contributed by atoms with Crippen molar-refractivity contribution in [1.29, 1.82) is 0 Å². The minimum atomic E-state index is -0.0550. The number of hydrogen-bond acceptors (Lipinski definition) is 4. The van der Waals surface area contributed by atoms with Crippen LogP contribution in [0.4, 0.5) is 5.82 Å². The van der Waals surface area contributed by atoms with Gasteiger partial charge in [0.2, 0.25) is 0 Å². The molecule has 12 heavy (non-hydrogen) atoms. The molecule has 1 aliphatic heterocycles. The molecular weight excluding hydrogens is 156 g/mol. The van der Waals surface area contributed by atoms with Gasteiger partial charge in [-0.3, -0.25) is 15.2 Å². The second-order valence-corrected chi connectivity index (χ2v) is 2.43. The Kier molecular flexibility index (Phi) is 1.64. The van der Waals surface area contributed by atoms with Gasteiger partial charge in [0.15, 0.2) is 0 Å². The summed E-state index contributed by atoms with van der Waals surface area (Å²) < 4.78 is 0. The van der Waals surface area contributed by atoms with Gasteiger partial charge >= 0.3 is 0 Å². The minimum absolute atomic E-state index is 0.0550. The zero-order chi connectivity index (χ0) is 8.39. The van der Waals surface area contributed by atoms with E-state index >= 15 is 0 Å². The topological polar surface area (TPSA) is 57.3 Å². The van der Waals surface area contributed by atoms with Gasteiger partial charge in [-0.2, -0.15) is 0 Å². The third-order valence-electron chi connectivity index (χ3n) is 1.56. The van der Waals surface area contributed by atoms with E-state index in [-0.39, 0.29) is 5.91 Å². The summed E-state index contributed by atoms with van der Waals surface area (Å²) in [6.07, 6.45) is 1.68. The molecule has 1 saturated heterocycles. The molecule has 0 aliphatic carbocycles. The maximum atomic E-state index is 10.8. The zero-order valence-corrected chi connectivity index (χ0v) is 6.32. The van der Waals surface area contributed by atoms with Crippen molar-refractivity contribution in [3.8, 4) is 0 Å². The molecule has 0 bridgehead atoms. The lowest BCUT2D eigenvalue weighted by atomic mass is 10.4. The number of rotatable bonds is 1. The van der Waals surface area contributed by atoms with Gasteiger partial charge in [-0.05, 0) is 12.1 Å². The summed E-state index contributed by atoms with van der Waals surface area (Å²) in [7, 11) is 0. The smallest absolute Gasteiger partial charge is 0.256 e. The van der Waals surface area contributed by atoms with Crippen molar-refractivity contribution in [2.24, 2.45) is 0 Å². The predicted molar refractivity (Wildman–Crippen MR) is 42.9 cm³/mol. The molecule has 1 aromatic rings. The first kappa shape index (κ1) is 7.05. The fourth-order valence-corrected chi connectivity index (χ4v) is 1.00. The van der Waals surface area contributed by atoms with Crippen LogP contribution in [0.25, 0.3) is 0 Å². The third-order valence-corrected chi connectivity index (χ3v) is 1.56. The van der Waals surface area contributed by atoms with Gasteiger partial charge in [-0.1, -0.05) is 6.07 Å². The molecular formula is C7H8N4O. The van der Waals surface area contributed by atoms with Gasteiger partial charge in [0, 0.05) is 6.20 Å². The first-order chi connectivity index (χ1) is 5.86. The summed E-state index contributed by atoms with van der Waals surface area (Å²) in [5, 5.41) is 1.64. The van der Waals surface area contributed by atoms with E-state index in [9.17, 15) is 4.79 Å². The van der Waals surface area contributed by atoms with E-state index in [1.165, 1.54) is 0 Å². The molecule has 2 rings (SSSR count). The molecule has 62 valence electrons. The molecule has 1 aliphatic rings. The van der Waals surface area contributed by atoms with Crippen LogP contribution in [0.1, 0.15) is 0 Å². The Morgan fingerprint density at radius 1 is 1.50 bits per heavy atom. The number of hydrazine groups is 2. The predicted octanol–water partition coefficient (Wildman–Crippen LogP) is -0.563. The zero-order valence-electron chi connectivity index (χ0n) is 6.32. The van der Waals surface area contributed by atoms with E-state index in [2.05, 4.69) is 15.9 Å². The molecule has 1 aromatic heterocycles. The number of amides is 1. The summed E-state index contributed by atoms with van der Waals surface area (Å²) in [6.45, 7) is 0.303. The number of hydrogen-bond donors (Lipinski definition) is 2. The summed E-state index contributed by atoms with van der Waals surface area (Å²) in [5.41, 5.74) is 5.16. The Morgan fingerprint density at radius 3 is 3.00 bits per heavy atom. The molecule has 5 nitrogen and oxygen atoms in total. The Morgan fingerprint density at radius 2 is 2.42 bits per heavy atom. The maximum absolute atomic E-state index is 10.8. The molecule has 0 radical (unpaired) electrons. The van der Waals surface area contributed by atoms with Crippen molar-refractivity contribution >= 4 is 11.7 Å². The van der Waals surface area contributed by atoms with Crippen LogP contribution in [0.2, 0.25) is 0 Å². The van der Waals surface area contributed by atoms with Crippen LogP contribution < -0.4 is 16.0 Å². The highest BCUT2D eigenvalue weighted by Gasteiger charge is 2.18. The van der Waals surface area contributed by atoms with Crippen LogP contribution in [0.3, 0.4) is 0 Å². The van der Waals surface area contributed by atoms with E-state index in [4.69, 9.17) is 0 Å². The Bertz CT molecular complexity index is 287. The number of nitrogens with zero attached hydrogens (tertiary/aromatic N) is 2. The normalized spacial score (nSPS) is 16.3. The lowest BCUT2D eigenvalue weighted by Crippen LogP contribution is -2.36. The highest BCUT2D eigenvalue weighted by Crippen LogP contribution is 2.06. The van der Waals surface area contributed by atoms with E-state index < -0.39 is 0 Å². The van der Waals surface area contributed by atoms with Crippen LogP contribution in [-0.2, 0) is 4.79 Å². The second-order valence-electron chi connectivity index (χ2n) is 2.43. The Hall–Kier alpha value is -1.62. The molecule has 1 amide bonds. The molecule has 1 fully saturated rings. The average molecular weight is 164 g/mol. The highest BCUT2D eigenvalue weighted by atomic mass is 16.2. The van der Waals surface area contributed by atoms with Gasteiger partial charge in [0.25, 0.3) is 5.91 Å². The first-order valence-corrected chi connectivity index (χ1v) is 3.59. The SMILES string of the molecule is O=C1CN(c2ccccn2)NN1. The summed E-state index contributed by atoms with van der Waals surface area (Å²) in [5.74, 6) is 0.677. The number of carbonyl (C=O) groups excluding carboxylic acids is 1. The molecule has 0 saturated carbocycles. The summed E-state index contributed by atoms with van der Waals surface area (Å²) in [4.78, 5) is 14.9. The van der Waals surface area contributed by atoms with Crippen molar-refractivity contribution in [3.05, 3.63) is 24.4 Å². The molecule has 2 N–H and O–H groups in total. The largest absolute Gasteiger partial charge is 0.272 e. The van der Waals surface area contributed by atoms with Crippen molar-refractivity contribution in [2.45, 2.75) is 0 Å². The van der Waals surface area contributed by atoms with Gasteiger partial charge in [-0.25, -0.2) is 4.98 Å². The quantitative estimate of drug-likeness (QED) is 0.584. The number of anilines is 1. The number of pyridine rings is 1. The van der Waals surface area contributed by atoms with Gasteiger partial charge < -0.3 is 0 Å². The number of carbonyl (C=O) groups is 1. The maximum Gasteiger partial charge on any atom is 0.256 e. The summed E-state index contributed by atoms with van der Waals surface area (Å²) >= 11 is 0. The minimum Gasteiger partial charge on any atom is -0.272 e. The van der Waals surface area contributed by atoms with Crippen LogP contribution in [0.5, 0.6) is 0 Å². The van der Waals surface area contributed by atoms with Crippen molar-refractivity contribution < 1.29 is 4.79 Å². The Balaban J connectivity index is 2.16. The lowest BCUT2D eigenvalue weighted by Gasteiger charge is -2.12. The van der Waals surface area contributed by atoms with Crippen molar-refractivity contribution in [2.75, 3.05) is 11.6 Å². The Labute approximate surface area is 69.3 Å². The molecule has 0 aromatic carbocycles. The van der Waals surface area contributed by atoms with E-state index in [0.717, 1.165) is 5.82 Å². The first-order valence-electron chi connectivity index (χ1n) is 3.59. The van der Waals surface area contributed by atoms with Crippen LogP contribution in [0.15, 0.2) is 24.4 Å². The highest BCUT2D eigenvalue weighted by molar-refractivity contribution is 5.82. The summed E-state index contributed by atoms with van der Waals surface area (Å²) in [6, 6.07) is 5.52.